The van der Waals surface area contributed by atoms with Crippen LogP contribution in [0.25, 0.3) is 6.08 Å². The van der Waals surface area contributed by atoms with Crippen LogP contribution in [0.2, 0.25) is 0 Å². The zero-order valence-corrected chi connectivity index (χ0v) is 11.9. The van der Waals surface area contributed by atoms with Gasteiger partial charge in [0.2, 0.25) is 0 Å². The molecule has 0 amide bonds. The molecule has 0 atom stereocenters. The molecule has 0 unspecified atom stereocenters. The van der Waals surface area contributed by atoms with Crippen LogP contribution < -0.4 is 51.4 Å². The molecule has 0 spiro atoms. The van der Waals surface area contributed by atoms with Gasteiger partial charge in [0.15, 0.2) is 0 Å². The van der Waals surface area contributed by atoms with Gasteiger partial charge in [0.1, 0.15) is 0 Å². The smallest absolute Gasteiger partial charge is 0.445 e. The fourth-order valence-corrected chi connectivity index (χ4v) is 1.01. The van der Waals surface area contributed by atoms with Crippen molar-refractivity contribution >= 4 is 13.1 Å². The molecule has 0 aliphatic heterocycles. The molecule has 1 nitrogen and oxygen atoms in total. The molecule has 15 heavy (non-hydrogen) atoms. The molecule has 0 bridgehead atoms. The van der Waals surface area contributed by atoms with Gasteiger partial charge in [0.25, 0.3) is 0 Å². The minimum Gasteiger partial charge on any atom is -0.445 e. The van der Waals surface area contributed by atoms with Crippen molar-refractivity contribution in [1.82, 2.24) is 4.98 Å². The molecular formula is C9H10BF3KN. The Labute approximate surface area is 130 Å². The molecule has 0 N–H and O–H groups in total. The third-order valence-electron chi connectivity index (χ3n) is 1.71. The van der Waals surface area contributed by atoms with Crippen molar-refractivity contribution in [1.29, 1.82) is 0 Å². The van der Waals surface area contributed by atoms with E-state index in [1.54, 1.807) is 12.1 Å². The van der Waals surface area contributed by atoms with E-state index in [1.807, 2.05) is 6.92 Å². The molecule has 0 saturated heterocycles. The van der Waals surface area contributed by atoms with Gasteiger partial charge in [-0.3, -0.25) is 4.98 Å². The Kier molecular flexibility index (Phi) is 7.03. The second kappa shape index (κ2) is 6.86. The standard InChI is InChI=1S/C9H10BF3N.K/c1-2-9-7-8(4-6-14-9)3-5-10(11,12)13;/h3-7H,2H2,1H3;/q-1;+1/b5-3+;. The van der Waals surface area contributed by atoms with Gasteiger partial charge in [-0.1, -0.05) is 13.0 Å². The molecular weight excluding hydrogens is 229 g/mol. The first-order valence-corrected chi connectivity index (χ1v) is 4.35. The SMILES string of the molecule is CCc1cc(/C=C/[B-](F)(F)F)ccn1.[K+]. The van der Waals surface area contributed by atoms with Crippen molar-refractivity contribution in [2.45, 2.75) is 13.3 Å². The Hall–Kier alpha value is 0.381. The number of rotatable bonds is 3. The first-order chi connectivity index (χ1) is 6.51. The van der Waals surface area contributed by atoms with Gasteiger partial charge in [-0.25, -0.2) is 0 Å². The summed E-state index contributed by atoms with van der Waals surface area (Å²) in [6.45, 7) is -2.94. The summed E-state index contributed by atoms with van der Waals surface area (Å²) in [5, 5.41) is 0. The van der Waals surface area contributed by atoms with E-state index < -0.39 is 6.98 Å². The molecule has 0 radical (unpaired) electrons. The predicted molar refractivity (Wildman–Crippen MR) is 51.7 cm³/mol. The maximum absolute atomic E-state index is 11.9. The first kappa shape index (κ1) is 15.4. The van der Waals surface area contributed by atoms with Gasteiger partial charge in [-0.2, -0.15) is 0 Å². The second-order valence-electron chi connectivity index (χ2n) is 2.92. The van der Waals surface area contributed by atoms with E-state index in [1.165, 1.54) is 6.20 Å². The van der Waals surface area contributed by atoms with Crippen LogP contribution in [0.1, 0.15) is 18.2 Å². The molecule has 0 fully saturated rings. The van der Waals surface area contributed by atoms with Gasteiger partial charge >= 0.3 is 58.4 Å². The summed E-state index contributed by atoms with van der Waals surface area (Å²) in [4.78, 5) is 3.99. The largest absolute Gasteiger partial charge is 1.00 e. The van der Waals surface area contributed by atoms with Crippen LogP contribution in [0.4, 0.5) is 12.9 Å². The summed E-state index contributed by atoms with van der Waals surface area (Å²) in [6, 6.07) is 3.20. The second-order valence-corrected chi connectivity index (χ2v) is 2.92. The maximum atomic E-state index is 11.9. The van der Waals surface area contributed by atoms with Crippen LogP contribution in [0.15, 0.2) is 24.3 Å². The Morgan fingerprint density at radius 2 is 2.07 bits per heavy atom. The molecule has 0 aliphatic rings. The Morgan fingerprint density at radius 3 is 2.60 bits per heavy atom. The van der Waals surface area contributed by atoms with Crippen molar-refractivity contribution in [2.75, 3.05) is 0 Å². The van der Waals surface area contributed by atoms with Crippen molar-refractivity contribution in [3.63, 3.8) is 0 Å². The molecule has 0 aromatic carbocycles. The zero-order chi connectivity index (χ0) is 10.6. The topological polar surface area (TPSA) is 12.9 Å². The van der Waals surface area contributed by atoms with Crippen LogP contribution >= 0.6 is 0 Å². The number of nitrogens with zero attached hydrogens (tertiary/aromatic N) is 1. The summed E-state index contributed by atoms with van der Waals surface area (Å²) in [6.07, 6.45) is 3.31. The third-order valence-corrected chi connectivity index (χ3v) is 1.71. The van der Waals surface area contributed by atoms with Gasteiger partial charge in [0, 0.05) is 11.9 Å². The summed E-state index contributed by atoms with van der Waals surface area (Å²) in [5.74, 6) is 0.286. The van der Waals surface area contributed by atoms with Crippen molar-refractivity contribution in [3.05, 3.63) is 35.6 Å². The molecule has 1 aromatic rings. The summed E-state index contributed by atoms with van der Waals surface area (Å²) < 4.78 is 35.7. The molecule has 0 saturated carbocycles. The van der Waals surface area contributed by atoms with Crippen LogP contribution in [-0.4, -0.2) is 12.0 Å². The summed E-state index contributed by atoms with van der Waals surface area (Å²) in [5.41, 5.74) is 1.33. The molecule has 1 aromatic heterocycles. The van der Waals surface area contributed by atoms with E-state index in [9.17, 15) is 12.9 Å². The average Bonchev–Trinajstić information content (AvgIpc) is 2.14. The number of pyridine rings is 1. The average molecular weight is 239 g/mol. The fraction of sp³-hybridized carbons (Fsp3) is 0.222. The molecule has 1 rings (SSSR count). The third kappa shape index (κ3) is 6.52. The molecule has 76 valence electrons. The van der Waals surface area contributed by atoms with Crippen LogP contribution in [0.3, 0.4) is 0 Å². The minimum atomic E-state index is -4.85. The predicted octanol–water partition coefficient (Wildman–Crippen LogP) is 0.0478. The molecule has 1 heterocycles. The quantitative estimate of drug-likeness (QED) is 0.679. The normalized spacial score (nSPS) is 11.5. The number of aromatic nitrogens is 1. The van der Waals surface area contributed by atoms with E-state index in [0.29, 0.717) is 5.56 Å². The summed E-state index contributed by atoms with van der Waals surface area (Å²) >= 11 is 0. The van der Waals surface area contributed by atoms with Gasteiger partial charge < -0.3 is 12.9 Å². The van der Waals surface area contributed by atoms with E-state index in [2.05, 4.69) is 4.98 Å². The van der Waals surface area contributed by atoms with Crippen molar-refractivity contribution in [2.24, 2.45) is 0 Å². The van der Waals surface area contributed by atoms with Crippen molar-refractivity contribution in [3.8, 4) is 0 Å². The van der Waals surface area contributed by atoms with Crippen LogP contribution in [-0.2, 0) is 6.42 Å². The van der Waals surface area contributed by atoms with Crippen LogP contribution in [0.5, 0.6) is 0 Å². The monoisotopic (exact) mass is 239 g/mol. The maximum Gasteiger partial charge on any atom is 1.00 e. The molecule has 6 heteroatoms. The number of hydrogen-bond acceptors (Lipinski definition) is 1. The first-order valence-electron chi connectivity index (χ1n) is 4.35. The van der Waals surface area contributed by atoms with Crippen LogP contribution in [0, 0.1) is 0 Å². The fourth-order valence-electron chi connectivity index (χ4n) is 1.01. The minimum absolute atomic E-state index is 0. The Bertz CT molecular complexity index is 338. The van der Waals surface area contributed by atoms with Crippen molar-refractivity contribution < 1.29 is 64.3 Å². The number of aryl methyl sites for hydroxylation is 1. The Balaban J connectivity index is 0.00000196. The van der Waals surface area contributed by atoms with Gasteiger partial charge in [-0.15, -0.1) is 5.98 Å². The van der Waals surface area contributed by atoms with Gasteiger partial charge in [-0.05, 0) is 24.1 Å². The van der Waals surface area contributed by atoms with E-state index >= 15 is 0 Å². The number of halogens is 3. The molecule has 0 aliphatic carbocycles. The van der Waals surface area contributed by atoms with E-state index in [4.69, 9.17) is 0 Å². The zero-order valence-electron chi connectivity index (χ0n) is 8.75. The van der Waals surface area contributed by atoms with E-state index in [-0.39, 0.29) is 57.4 Å². The Morgan fingerprint density at radius 1 is 1.40 bits per heavy atom. The van der Waals surface area contributed by atoms with E-state index in [0.717, 1.165) is 18.2 Å². The summed E-state index contributed by atoms with van der Waals surface area (Å²) in [7, 11) is 0. The van der Waals surface area contributed by atoms with Gasteiger partial charge in [0.05, 0.1) is 0 Å². The number of hydrogen-bond donors (Lipinski definition) is 0.